The Morgan fingerprint density at radius 2 is 1.26 bits per heavy atom. The molecular formula is C33H22N2. The van der Waals surface area contributed by atoms with Crippen LogP contribution in [0.2, 0.25) is 0 Å². The van der Waals surface area contributed by atoms with Crippen molar-refractivity contribution in [3.8, 4) is 22.3 Å². The lowest BCUT2D eigenvalue weighted by Crippen LogP contribution is -2.26. The van der Waals surface area contributed by atoms with Crippen molar-refractivity contribution in [1.82, 2.24) is 4.98 Å². The van der Waals surface area contributed by atoms with Gasteiger partial charge in [-0.05, 0) is 91.7 Å². The Kier molecular flexibility index (Phi) is 3.27. The molecule has 2 aliphatic carbocycles. The maximum Gasteiger partial charge on any atom is 0.0680 e. The molecular weight excluding hydrogens is 424 g/mol. The van der Waals surface area contributed by atoms with E-state index in [1.54, 1.807) is 0 Å². The lowest BCUT2D eigenvalue weighted by Gasteiger charge is -2.41. The van der Waals surface area contributed by atoms with E-state index in [0.717, 1.165) is 25.7 Å². The summed E-state index contributed by atoms with van der Waals surface area (Å²) in [6.07, 6.45) is 8.06. The molecule has 9 rings (SSSR count). The van der Waals surface area contributed by atoms with E-state index in [4.69, 9.17) is 0 Å². The first-order valence-electron chi connectivity index (χ1n) is 12.6. The van der Waals surface area contributed by atoms with Gasteiger partial charge >= 0.3 is 0 Å². The molecule has 0 saturated heterocycles. The minimum absolute atomic E-state index is 0.970. The fourth-order valence-corrected chi connectivity index (χ4v) is 7.24. The summed E-state index contributed by atoms with van der Waals surface area (Å²) in [7, 11) is 0. The molecule has 1 aromatic heterocycles. The van der Waals surface area contributed by atoms with Gasteiger partial charge in [-0.1, -0.05) is 60.7 Å². The van der Waals surface area contributed by atoms with Gasteiger partial charge < -0.3 is 4.90 Å². The average molecular weight is 447 g/mol. The predicted octanol–water partition coefficient (Wildman–Crippen LogP) is 7.50. The Balaban J connectivity index is 1.37. The third-order valence-corrected chi connectivity index (χ3v) is 8.60. The lowest BCUT2D eigenvalue weighted by atomic mass is 9.80. The summed E-state index contributed by atoms with van der Waals surface area (Å²) in [5.74, 6) is 0. The van der Waals surface area contributed by atoms with Crippen molar-refractivity contribution in [1.29, 1.82) is 0 Å². The molecule has 0 bridgehead atoms. The Bertz CT molecular complexity index is 1760. The number of nitrogens with zero attached hydrogens (tertiary/aromatic N) is 2. The number of rotatable bonds is 0. The van der Waals surface area contributed by atoms with E-state index in [9.17, 15) is 0 Å². The van der Waals surface area contributed by atoms with Crippen LogP contribution in [0.3, 0.4) is 0 Å². The van der Waals surface area contributed by atoms with Crippen LogP contribution < -0.4 is 4.90 Å². The summed E-state index contributed by atoms with van der Waals surface area (Å²) in [6.45, 7) is 0. The summed E-state index contributed by atoms with van der Waals surface area (Å²) < 4.78 is 0. The predicted molar refractivity (Wildman–Crippen MR) is 141 cm³/mol. The highest BCUT2D eigenvalue weighted by Crippen LogP contribution is 2.57. The fourth-order valence-electron chi connectivity index (χ4n) is 7.24. The molecule has 4 aromatic carbocycles. The second-order valence-corrected chi connectivity index (χ2v) is 10.4. The number of hydrogen-bond donors (Lipinski definition) is 0. The van der Waals surface area contributed by atoms with Crippen LogP contribution >= 0.6 is 0 Å². The van der Waals surface area contributed by atoms with Gasteiger partial charge in [-0.25, -0.2) is 0 Å². The van der Waals surface area contributed by atoms with Crippen molar-refractivity contribution >= 4 is 17.1 Å². The third-order valence-electron chi connectivity index (χ3n) is 8.60. The second kappa shape index (κ2) is 6.28. The average Bonchev–Trinajstić information content (AvgIpc) is 3.46. The van der Waals surface area contributed by atoms with E-state index >= 15 is 0 Å². The van der Waals surface area contributed by atoms with Gasteiger partial charge in [0.15, 0.2) is 0 Å². The first-order chi connectivity index (χ1) is 17.3. The van der Waals surface area contributed by atoms with Gasteiger partial charge in [-0.3, -0.25) is 4.98 Å². The Hall–Kier alpha value is -4.17. The number of fused-ring (bicyclic) bond motifs is 12. The highest BCUT2D eigenvalue weighted by molar-refractivity contribution is 5.98. The van der Waals surface area contributed by atoms with Gasteiger partial charge in [-0.2, -0.15) is 0 Å². The Labute approximate surface area is 204 Å². The van der Waals surface area contributed by atoms with Crippen LogP contribution in [0.1, 0.15) is 44.5 Å². The molecule has 0 unspecified atom stereocenters. The molecule has 5 aromatic rings. The minimum Gasteiger partial charge on any atom is -0.308 e. The van der Waals surface area contributed by atoms with Crippen molar-refractivity contribution < 1.29 is 0 Å². The van der Waals surface area contributed by atoms with Gasteiger partial charge in [0.05, 0.1) is 23.3 Å². The number of hydrogen-bond acceptors (Lipinski definition) is 2. The molecule has 0 saturated carbocycles. The van der Waals surface area contributed by atoms with Crippen LogP contribution in [0.4, 0.5) is 17.1 Å². The van der Waals surface area contributed by atoms with Crippen LogP contribution in [-0.4, -0.2) is 4.98 Å². The van der Waals surface area contributed by atoms with Gasteiger partial charge in [0.1, 0.15) is 0 Å². The first-order valence-corrected chi connectivity index (χ1v) is 12.6. The fraction of sp³-hybridized carbons (Fsp3) is 0.121. The molecule has 0 N–H and O–H groups in total. The van der Waals surface area contributed by atoms with E-state index in [1.807, 2.05) is 6.20 Å². The largest absolute Gasteiger partial charge is 0.308 e. The van der Waals surface area contributed by atoms with Gasteiger partial charge in [0.2, 0.25) is 0 Å². The standard InChI is InChI=1S/C33H22N2/c1-3-7-25-19(5-1)13-22-9-10-29-27(31(22)25)17-24-15-23-14-20-6-2-4-8-26(20)32(23)28-16-21-11-12-34-18-30(21)35(29)33(24)28/h1-12,15,18H,13-14,16-17H2. The van der Waals surface area contributed by atoms with Crippen LogP contribution in [-0.2, 0) is 25.7 Å². The van der Waals surface area contributed by atoms with Gasteiger partial charge in [0.25, 0.3) is 0 Å². The van der Waals surface area contributed by atoms with E-state index in [1.165, 1.54) is 83.8 Å². The van der Waals surface area contributed by atoms with Crippen LogP contribution in [0.15, 0.2) is 85.2 Å². The molecule has 3 heterocycles. The van der Waals surface area contributed by atoms with Crippen molar-refractivity contribution in [3.05, 3.63) is 130 Å². The smallest absolute Gasteiger partial charge is 0.0680 e. The van der Waals surface area contributed by atoms with E-state index in [-0.39, 0.29) is 0 Å². The Morgan fingerprint density at radius 1 is 0.543 bits per heavy atom. The minimum atomic E-state index is 0.970. The summed E-state index contributed by atoms with van der Waals surface area (Å²) in [6, 6.07) is 27.4. The van der Waals surface area contributed by atoms with E-state index < -0.39 is 0 Å². The van der Waals surface area contributed by atoms with Crippen LogP contribution in [0.25, 0.3) is 22.3 Å². The zero-order valence-electron chi connectivity index (χ0n) is 19.3. The normalized spacial score (nSPS) is 14.9. The molecule has 0 spiro atoms. The number of pyridine rings is 1. The molecule has 2 heteroatoms. The molecule has 0 fully saturated rings. The summed E-state index contributed by atoms with van der Waals surface area (Å²) in [5.41, 5.74) is 21.4. The molecule has 0 amide bonds. The lowest BCUT2D eigenvalue weighted by molar-refractivity contribution is 0.998. The van der Waals surface area contributed by atoms with Crippen LogP contribution in [0.5, 0.6) is 0 Å². The highest BCUT2D eigenvalue weighted by Gasteiger charge is 2.38. The maximum absolute atomic E-state index is 4.57. The topological polar surface area (TPSA) is 16.1 Å². The highest BCUT2D eigenvalue weighted by atomic mass is 15.2. The molecule has 0 radical (unpaired) electrons. The van der Waals surface area contributed by atoms with Crippen LogP contribution in [0, 0.1) is 0 Å². The SMILES string of the molecule is c1ccc2c(c1)Cc1ccc3c(c1-2)Cc1cc2c(c4c1N3c1cnccc1C4)-c1ccccc1C2. The Morgan fingerprint density at radius 3 is 2.09 bits per heavy atom. The van der Waals surface area contributed by atoms with Crippen molar-refractivity contribution in [2.75, 3.05) is 4.90 Å². The third kappa shape index (κ3) is 2.23. The molecule has 0 atom stereocenters. The monoisotopic (exact) mass is 446 g/mol. The maximum atomic E-state index is 4.57. The van der Waals surface area contributed by atoms with Gasteiger partial charge in [0, 0.05) is 19.0 Å². The zero-order chi connectivity index (χ0) is 22.7. The molecule has 4 aliphatic rings. The second-order valence-electron chi connectivity index (χ2n) is 10.4. The molecule has 2 aliphatic heterocycles. The summed E-state index contributed by atoms with van der Waals surface area (Å²) in [4.78, 5) is 7.11. The zero-order valence-corrected chi connectivity index (χ0v) is 19.3. The number of anilines is 3. The molecule has 2 nitrogen and oxygen atoms in total. The quantitative estimate of drug-likeness (QED) is 0.240. The van der Waals surface area contributed by atoms with Gasteiger partial charge in [-0.15, -0.1) is 0 Å². The first kappa shape index (κ1) is 18.2. The van der Waals surface area contributed by atoms with E-state index in [2.05, 4.69) is 88.9 Å². The molecule has 35 heavy (non-hydrogen) atoms. The van der Waals surface area contributed by atoms with E-state index in [0.29, 0.717) is 0 Å². The number of benzene rings is 4. The summed E-state index contributed by atoms with van der Waals surface area (Å²) >= 11 is 0. The number of aromatic nitrogens is 1. The van der Waals surface area contributed by atoms with Crippen molar-refractivity contribution in [2.24, 2.45) is 0 Å². The molecule has 164 valence electrons. The van der Waals surface area contributed by atoms with Crippen molar-refractivity contribution in [3.63, 3.8) is 0 Å². The van der Waals surface area contributed by atoms with Crippen molar-refractivity contribution in [2.45, 2.75) is 25.7 Å². The summed E-state index contributed by atoms with van der Waals surface area (Å²) in [5, 5.41) is 0.